The van der Waals surface area contributed by atoms with Gasteiger partial charge in [-0.1, -0.05) is 6.07 Å². The Morgan fingerprint density at radius 2 is 1.88 bits per heavy atom. The van der Waals surface area contributed by atoms with Gasteiger partial charge in [0.2, 0.25) is 0 Å². The van der Waals surface area contributed by atoms with Crippen LogP contribution in [0.1, 0.15) is 23.0 Å². The maximum absolute atomic E-state index is 13.4. The fourth-order valence-corrected chi connectivity index (χ4v) is 1.74. The Morgan fingerprint density at radius 1 is 1.24 bits per heavy atom. The van der Waals surface area contributed by atoms with Crippen molar-refractivity contribution in [2.24, 2.45) is 0 Å². The summed E-state index contributed by atoms with van der Waals surface area (Å²) in [5.74, 6) is -0.978. The zero-order valence-corrected chi connectivity index (χ0v) is 9.28. The molecule has 0 radical (unpaired) electrons. The second-order valence-corrected chi connectivity index (χ2v) is 3.89. The van der Waals surface area contributed by atoms with Crippen molar-refractivity contribution in [1.29, 1.82) is 0 Å². The summed E-state index contributed by atoms with van der Waals surface area (Å²) in [6.45, 7) is 1.76. The first-order valence-corrected chi connectivity index (χ1v) is 5.24. The van der Waals surface area contributed by atoms with E-state index >= 15 is 0 Å². The van der Waals surface area contributed by atoms with E-state index in [1.807, 2.05) is 0 Å². The van der Waals surface area contributed by atoms with E-state index in [9.17, 15) is 13.9 Å². The number of aryl methyl sites for hydroxylation is 1. The Morgan fingerprint density at radius 3 is 2.41 bits per heavy atom. The predicted molar refractivity (Wildman–Crippen MR) is 58.5 cm³/mol. The summed E-state index contributed by atoms with van der Waals surface area (Å²) < 4.78 is 31.8. The molecule has 1 atom stereocenters. The topological polar surface area (TPSA) is 33.4 Å². The minimum absolute atomic E-state index is 0.129. The van der Waals surface area contributed by atoms with Crippen LogP contribution in [0.5, 0.6) is 0 Å². The maximum atomic E-state index is 13.4. The zero-order valence-electron chi connectivity index (χ0n) is 9.28. The third-order valence-corrected chi connectivity index (χ3v) is 2.66. The van der Waals surface area contributed by atoms with E-state index in [1.165, 1.54) is 24.5 Å². The number of aliphatic hydroxyl groups is 1. The molecule has 1 aromatic heterocycles. The lowest BCUT2D eigenvalue weighted by Gasteiger charge is -2.10. The molecule has 90 valence electrons. The lowest BCUT2D eigenvalue weighted by molar-refractivity contribution is 0.147. The quantitative estimate of drug-likeness (QED) is 0.891. The molecule has 2 rings (SSSR count). The molecule has 0 fully saturated rings. The molecule has 1 unspecified atom stereocenters. The molecule has 0 aliphatic carbocycles. The SMILES string of the molecule is Cc1ccoc1C(O)Cc1c(F)cccc1F. The van der Waals surface area contributed by atoms with Gasteiger partial charge in [-0.2, -0.15) is 0 Å². The van der Waals surface area contributed by atoms with Gasteiger partial charge in [-0.25, -0.2) is 8.78 Å². The fraction of sp³-hybridized carbons (Fsp3) is 0.231. The van der Waals surface area contributed by atoms with Crippen LogP contribution in [0, 0.1) is 18.6 Å². The first-order chi connectivity index (χ1) is 8.09. The minimum Gasteiger partial charge on any atom is -0.466 e. The molecular weight excluding hydrogens is 226 g/mol. The van der Waals surface area contributed by atoms with Crippen molar-refractivity contribution in [3.05, 3.63) is 59.1 Å². The van der Waals surface area contributed by atoms with E-state index in [-0.39, 0.29) is 12.0 Å². The smallest absolute Gasteiger partial charge is 0.135 e. The normalized spacial score (nSPS) is 12.7. The summed E-state index contributed by atoms with van der Waals surface area (Å²) in [6.07, 6.45) is 0.245. The molecule has 4 heteroatoms. The third-order valence-electron chi connectivity index (χ3n) is 2.66. The van der Waals surface area contributed by atoms with Gasteiger partial charge < -0.3 is 9.52 Å². The predicted octanol–water partition coefficient (Wildman–Crippen LogP) is 3.14. The lowest BCUT2D eigenvalue weighted by Crippen LogP contribution is -2.06. The average Bonchev–Trinajstić information content (AvgIpc) is 2.70. The van der Waals surface area contributed by atoms with Crippen molar-refractivity contribution in [1.82, 2.24) is 0 Å². The van der Waals surface area contributed by atoms with Gasteiger partial charge in [-0.05, 0) is 30.7 Å². The highest BCUT2D eigenvalue weighted by molar-refractivity contribution is 5.24. The van der Waals surface area contributed by atoms with E-state index in [1.54, 1.807) is 13.0 Å². The third kappa shape index (κ3) is 2.36. The summed E-state index contributed by atoms with van der Waals surface area (Å²) in [5, 5.41) is 9.87. The summed E-state index contributed by atoms with van der Waals surface area (Å²) >= 11 is 0. The molecule has 0 saturated heterocycles. The van der Waals surface area contributed by atoms with Gasteiger partial charge in [0, 0.05) is 12.0 Å². The Hall–Kier alpha value is -1.68. The van der Waals surface area contributed by atoms with E-state index < -0.39 is 17.7 Å². The number of hydrogen-bond acceptors (Lipinski definition) is 2. The Bertz CT molecular complexity index is 500. The van der Waals surface area contributed by atoms with Crippen LogP contribution in [-0.2, 0) is 6.42 Å². The molecule has 0 saturated carbocycles. The molecule has 0 aliphatic heterocycles. The van der Waals surface area contributed by atoms with Crippen LogP contribution in [0.3, 0.4) is 0 Å². The molecule has 0 spiro atoms. The molecule has 0 bridgehead atoms. The van der Waals surface area contributed by atoms with Gasteiger partial charge in [-0.15, -0.1) is 0 Å². The van der Waals surface area contributed by atoms with Gasteiger partial charge in [0.15, 0.2) is 0 Å². The Labute approximate surface area is 97.5 Å². The van der Waals surface area contributed by atoms with Gasteiger partial charge in [-0.3, -0.25) is 0 Å². The number of aliphatic hydroxyl groups excluding tert-OH is 1. The van der Waals surface area contributed by atoms with Crippen molar-refractivity contribution < 1.29 is 18.3 Å². The monoisotopic (exact) mass is 238 g/mol. The zero-order chi connectivity index (χ0) is 12.4. The number of furan rings is 1. The molecule has 1 aromatic carbocycles. The Kier molecular flexibility index (Phi) is 3.24. The molecule has 2 nitrogen and oxygen atoms in total. The highest BCUT2D eigenvalue weighted by Crippen LogP contribution is 2.24. The van der Waals surface area contributed by atoms with Crippen molar-refractivity contribution in [2.45, 2.75) is 19.4 Å². The number of rotatable bonds is 3. The summed E-state index contributed by atoms with van der Waals surface area (Å²) in [6, 6.07) is 5.31. The highest BCUT2D eigenvalue weighted by atomic mass is 19.1. The molecule has 1 heterocycles. The Balaban J connectivity index is 2.25. The van der Waals surface area contributed by atoms with Crippen molar-refractivity contribution in [3.8, 4) is 0 Å². The fourth-order valence-electron chi connectivity index (χ4n) is 1.74. The van der Waals surface area contributed by atoms with E-state index in [4.69, 9.17) is 4.42 Å². The van der Waals surface area contributed by atoms with Crippen LogP contribution in [0.4, 0.5) is 8.78 Å². The van der Waals surface area contributed by atoms with Crippen molar-refractivity contribution >= 4 is 0 Å². The van der Waals surface area contributed by atoms with E-state index in [0.29, 0.717) is 5.76 Å². The van der Waals surface area contributed by atoms with Crippen LogP contribution in [0.25, 0.3) is 0 Å². The molecule has 2 aromatic rings. The number of benzene rings is 1. The standard InChI is InChI=1S/C13H12F2O2/c1-8-5-6-17-13(8)12(16)7-9-10(14)3-2-4-11(9)15/h2-6,12,16H,7H2,1H3. The van der Waals surface area contributed by atoms with Gasteiger partial charge >= 0.3 is 0 Å². The molecular formula is C13H12F2O2. The van der Waals surface area contributed by atoms with Gasteiger partial charge in [0.1, 0.15) is 23.5 Å². The van der Waals surface area contributed by atoms with Crippen LogP contribution in [0.15, 0.2) is 34.9 Å². The van der Waals surface area contributed by atoms with Crippen LogP contribution >= 0.6 is 0 Å². The first-order valence-electron chi connectivity index (χ1n) is 5.24. The number of halogens is 2. The maximum Gasteiger partial charge on any atom is 0.135 e. The molecule has 0 aliphatic rings. The molecule has 1 N–H and O–H groups in total. The van der Waals surface area contributed by atoms with Crippen molar-refractivity contribution in [2.75, 3.05) is 0 Å². The van der Waals surface area contributed by atoms with E-state index in [0.717, 1.165) is 5.56 Å². The van der Waals surface area contributed by atoms with Crippen LogP contribution < -0.4 is 0 Å². The second-order valence-electron chi connectivity index (χ2n) is 3.89. The van der Waals surface area contributed by atoms with Crippen LogP contribution in [0.2, 0.25) is 0 Å². The molecule has 0 amide bonds. The minimum atomic E-state index is -1.05. The molecule has 17 heavy (non-hydrogen) atoms. The summed E-state index contributed by atoms with van der Waals surface area (Å²) in [5.41, 5.74) is 0.630. The van der Waals surface area contributed by atoms with E-state index in [2.05, 4.69) is 0 Å². The summed E-state index contributed by atoms with van der Waals surface area (Å²) in [7, 11) is 0. The summed E-state index contributed by atoms with van der Waals surface area (Å²) in [4.78, 5) is 0. The number of hydrogen-bond donors (Lipinski definition) is 1. The lowest BCUT2D eigenvalue weighted by atomic mass is 10.0. The highest BCUT2D eigenvalue weighted by Gasteiger charge is 2.18. The van der Waals surface area contributed by atoms with Gasteiger partial charge in [0.25, 0.3) is 0 Å². The van der Waals surface area contributed by atoms with Crippen LogP contribution in [-0.4, -0.2) is 5.11 Å². The largest absolute Gasteiger partial charge is 0.466 e. The second kappa shape index (κ2) is 4.67. The average molecular weight is 238 g/mol. The van der Waals surface area contributed by atoms with Crippen molar-refractivity contribution in [3.63, 3.8) is 0 Å². The first kappa shape index (κ1) is 11.8. The van der Waals surface area contributed by atoms with Gasteiger partial charge in [0.05, 0.1) is 6.26 Å².